The largest absolute Gasteiger partial charge is 0.321 e. The Morgan fingerprint density at radius 2 is 1.87 bits per heavy atom. The van der Waals surface area contributed by atoms with Gasteiger partial charge in [-0.1, -0.05) is 45.9 Å². The standard InChI is InChI=1S/C19H26N2OS/c1-7-14-11-9-10-12-15(14)17(22)20-18-21(8-2)13(3)16(23-18)19(4,5)6/h9-12H,7-8H2,1-6H3. The average Bonchev–Trinajstić information content (AvgIpc) is 2.82. The number of amides is 1. The van der Waals surface area contributed by atoms with E-state index in [1.807, 2.05) is 24.3 Å². The van der Waals surface area contributed by atoms with E-state index in [-0.39, 0.29) is 11.3 Å². The van der Waals surface area contributed by atoms with E-state index in [1.54, 1.807) is 11.3 Å². The smallest absolute Gasteiger partial charge is 0.279 e. The molecular formula is C19H26N2OS. The number of carbonyl (C=O) groups is 1. The second-order valence-electron chi connectivity index (χ2n) is 6.72. The van der Waals surface area contributed by atoms with Gasteiger partial charge < -0.3 is 4.57 Å². The van der Waals surface area contributed by atoms with Crippen molar-refractivity contribution in [2.24, 2.45) is 4.99 Å². The Morgan fingerprint density at radius 1 is 1.22 bits per heavy atom. The van der Waals surface area contributed by atoms with Crippen LogP contribution in [0.25, 0.3) is 0 Å². The van der Waals surface area contributed by atoms with Gasteiger partial charge in [0.1, 0.15) is 0 Å². The fraction of sp³-hybridized carbons (Fsp3) is 0.474. The summed E-state index contributed by atoms with van der Waals surface area (Å²) < 4.78 is 2.14. The number of hydrogen-bond donors (Lipinski definition) is 0. The summed E-state index contributed by atoms with van der Waals surface area (Å²) in [5, 5.41) is 0. The normalized spacial score (nSPS) is 12.7. The van der Waals surface area contributed by atoms with Crippen molar-refractivity contribution in [3.63, 3.8) is 0 Å². The van der Waals surface area contributed by atoms with Crippen LogP contribution in [0.3, 0.4) is 0 Å². The molecule has 0 aliphatic carbocycles. The van der Waals surface area contributed by atoms with Gasteiger partial charge in [0, 0.05) is 22.7 Å². The van der Waals surface area contributed by atoms with Crippen LogP contribution in [0, 0.1) is 6.92 Å². The number of rotatable bonds is 3. The van der Waals surface area contributed by atoms with Gasteiger partial charge >= 0.3 is 0 Å². The maximum Gasteiger partial charge on any atom is 0.279 e. The molecule has 0 N–H and O–H groups in total. The number of nitrogens with zero attached hydrogens (tertiary/aromatic N) is 2. The number of aromatic nitrogens is 1. The molecule has 0 unspecified atom stereocenters. The van der Waals surface area contributed by atoms with Crippen LogP contribution in [0.2, 0.25) is 0 Å². The summed E-state index contributed by atoms with van der Waals surface area (Å²) in [5.41, 5.74) is 3.03. The zero-order valence-electron chi connectivity index (χ0n) is 14.9. The van der Waals surface area contributed by atoms with E-state index in [0.29, 0.717) is 5.56 Å². The highest BCUT2D eigenvalue weighted by Crippen LogP contribution is 2.28. The van der Waals surface area contributed by atoms with E-state index >= 15 is 0 Å². The summed E-state index contributed by atoms with van der Waals surface area (Å²) in [6, 6.07) is 7.73. The molecule has 1 heterocycles. The van der Waals surface area contributed by atoms with Crippen molar-refractivity contribution in [1.29, 1.82) is 0 Å². The lowest BCUT2D eigenvalue weighted by Crippen LogP contribution is -2.18. The first-order chi connectivity index (χ1) is 10.8. The fourth-order valence-electron chi connectivity index (χ4n) is 2.82. The minimum absolute atomic E-state index is 0.0593. The number of benzene rings is 1. The molecule has 23 heavy (non-hydrogen) atoms. The molecule has 3 nitrogen and oxygen atoms in total. The summed E-state index contributed by atoms with van der Waals surface area (Å²) in [6.45, 7) is 13.7. The van der Waals surface area contributed by atoms with E-state index in [9.17, 15) is 4.79 Å². The molecule has 1 aromatic carbocycles. The Balaban J connectivity index is 2.57. The van der Waals surface area contributed by atoms with Crippen LogP contribution in [0.4, 0.5) is 0 Å². The molecule has 4 heteroatoms. The molecule has 0 aliphatic heterocycles. The van der Waals surface area contributed by atoms with Crippen LogP contribution < -0.4 is 4.80 Å². The van der Waals surface area contributed by atoms with Crippen LogP contribution in [0.15, 0.2) is 29.3 Å². The van der Waals surface area contributed by atoms with Crippen LogP contribution >= 0.6 is 11.3 Å². The summed E-state index contributed by atoms with van der Waals surface area (Å²) >= 11 is 1.63. The molecular weight excluding hydrogens is 304 g/mol. The zero-order valence-corrected chi connectivity index (χ0v) is 15.8. The molecule has 2 aromatic rings. The highest BCUT2D eigenvalue weighted by atomic mass is 32.1. The van der Waals surface area contributed by atoms with Gasteiger partial charge in [-0.25, -0.2) is 0 Å². The summed E-state index contributed by atoms with van der Waals surface area (Å²) in [5.74, 6) is -0.147. The molecule has 0 saturated carbocycles. The number of thiazole rings is 1. The topological polar surface area (TPSA) is 34.4 Å². The number of hydrogen-bond acceptors (Lipinski definition) is 2. The van der Waals surface area contributed by atoms with Crippen LogP contribution in [-0.4, -0.2) is 10.5 Å². The van der Waals surface area contributed by atoms with E-state index in [4.69, 9.17) is 0 Å². The first-order valence-electron chi connectivity index (χ1n) is 8.17. The third-order valence-corrected chi connectivity index (χ3v) is 5.59. The predicted molar refractivity (Wildman–Crippen MR) is 97.1 cm³/mol. The summed E-state index contributed by atoms with van der Waals surface area (Å²) in [4.78, 5) is 19.2. The predicted octanol–water partition coefficient (Wildman–Crippen LogP) is 4.48. The molecule has 0 bridgehead atoms. The molecule has 1 amide bonds. The minimum Gasteiger partial charge on any atom is -0.321 e. The highest BCUT2D eigenvalue weighted by molar-refractivity contribution is 7.09. The Labute approximate surface area is 142 Å². The minimum atomic E-state index is -0.147. The Hall–Kier alpha value is -1.68. The van der Waals surface area contributed by atoms with E-state index in [0.717, 1.165) is 23.3 Å². The van der Waals surface area contributed by atoms with Crippen molar-refractivity contribution in [3.05, 3.63) is 50.8 Å². The second-order valence-corrected chi connectivity index (χ2v) is 7.70. The van der Waals surface area contributed by atoms with Gasteiger partial charge in [-0.05, 0) is 37.3 Å². The molecule has 0 radical (unpaired) electrons. The van der Waals surface area contributed by atoms with Crippen molar-refractivity contribution in [2.75, 3.05) is 0 Å². The van der Waals surface area contributed by atoms with Gasteiger partial charge in [0.2, 0.25) is 0 Å². The quantitative estimate of drug-likeness (QED) is 0.817. The Bertz CT molecular complexity index is 775. The molecule has 0 atom stereocenters. The van der Waals surface area contributed by atoms with Crippen molar-refractivity contribution >= 4 is 17.2 Å². The van der Waals surface area contributed by atoms with Crippen molar-refractivity contribution in [1.82, 2.24) is 4.57 Å². The van der Waals surface area contributed by atoms with E-state index in [1.165, 1.54) is 10.6 Å². The first kappa shape index (κ1) is 17.7. The second kappa shape index (κ2) is 6.83. The fourth-order valence-corrected chi connectivity index (χ4v) is 4.07. The third-order valence-electron chi connectivity index (χ3n) is 3.98. The maximum atomic E-state index is 12.7. The van der Waals surface area contributed by atoms with Crippen LogP contribution in [-0.2, 0) is 18.4 Å². The highest BCUT2D eigenvalue weighted by Gasteiger charge is 2.22. The maximum absolute atomic E-state index is 12.7. The SMILES string of the molecule is CCc1ccccc1C(=O)N=c1sc(C(C)(C)C)c(C)n1CC. The van der Waals surface area contributed by atoms with Gasteiger partial charge in [0.15, 0.2) is 4.80 Å². The van der Waals surface area contributed by atoms with Gasteiger partial charge in [0.25, 0.3) is 5.91 Å². The van der Waals surface area contributed by atoms with Crippen molar-refractivity contribution < 1.29 is 4.79 Å². The summed E-state index contributed by atoms with van der Waals surface area (Å²) in [6.07, 6.45) is 0.835. The first-order valence-corrected chi connectivity index (χ1v) is 8.98. The molecule has 124 valence electrons. The molecule has 0 saturated heterocycles. The van der Waals surface area contributed by atoms with Crippen LogP contribution in [0.5, 0.6) is 0 Å². The Morgan fingerprint density at radius 3 is 2.43 bits per heavy atom. The van der Waals surface area contributed by atoms with Crippen molar-refractivity contribution in [3.8, 4) is 0 Å². The van der Waals surface area contributed by atoms with Gasteiger partial charge in [0.05, 0.1) is 0 Å². The van der Waals surface area contributed by atoms with Gasteiger partial charge in [-0.15, -0.1) is 11.3 Å². The Kier molecular flexibility index (Phi) is 5.25. The lowest BCUT2D eigenvalue weighted by molar-refractivity contribution is 0.0997. The lowest BCUT2D eigenvalue weighted by atomic mass is 9.93. The average molecular weight is 330 g/mol. The monoisotopic (exact) mass is 330 g/mol. The summed E-state index contributed by atoms with van der Waals surface area (Å²) in [7, 11) is 0. The molecule has 0 fully saturated rings. The number of aryl methyl sites for hydroxylation is 1. The molecule has 0 aliphatic rings. The van der Waals surface area contributed by atoms with Crippen LogP contribution in [0.1, 0.15) is 61.1 Å². The van der Waals surface area contributed by atoms with E-state index in [2.05, 4.69) is 51.1 Å². The molecule has 0 spiro atoms. The zero-order chi connectivity index (χ0) is 17.2. The molecule has 1 aromatic heterocycles. The van der Waals surface area contributed by atoms with Gasteiger partial charge in [-0.2, -0.15) is 4.99 Å². The van der Waals surface area contributed by atoms with Crippen molar-refractivity contribution in [2.45, 2.75) is 59.9 Å². The lowest BCUT2D eigenvalue weighted by Gasteiger charge is -2.17. The third kappa shape index (κ3) is 3.63. The molecule has 2 rings (SSSR count). The van der Waals surface area contributed by atoms with Gasteiger partial charge in [-0.3, -0.25) is 4.79 Å². The number of carbonyl (C=O) groups excluding carboxylic acids is 1. The van der Waals surface area contributed by atoms with E-state index < -0.39 is 0 Å².